The summed E-state index contributed by atoms with van der Waals surface area (Å²) in [4.78, 5) is 3.74. The molecule has 0 spiro atoms. The van der Waals surface area contributed by atoms with Crippen molar-refractivity contribution in [3.05, 3.63) is 17.1 Å². The van der Waals surface area contributed by atoms with Crippen LogP contribution in [0.3, 0.4) is 0 Å². The molecule has 1 aromatic heterocycles. The third-order valence-electron chi connectivity index (χ3n) is 0.347. The van der Waals surface area contributed by atoms with Crippen molar-refractivity contribution < 1.29 is 0 Å². The van der Waals surface area contributed by atoms with Gasteiger partial charge in [0.15, 0.2) is 0 Å². The highest BCUT2D eigenvalue weighted by Gasteiger charge is 1.59. The van der Waals surface area contributed by atoms with Gasteiger partial charge in [0.2, 0.25) is 0 Å². The molecule has 0 aliphatic rings. The molecule has 0 radical (unpaired) electrons. The van der Waals surface area contributed by atoms with E-state index in [9.17, 15) is 0 Å². The van der Waals surface area contributed by atoms with Gasteiger partial charge in [-0.2, -0.15) is 0 Å². The van der Waals surface area contributed by atoms with Crippen LogP contribution < -0.4 is 5.73 Å². The Balaban J connectivity index is 0.000000162. The molecule has 1 heterocycles. The minimum absolute atomic E-state index is 1.50. The molecule has 2 nitrogen and oxygen atoms in total. The molecule has 0 saturated carbocycles. The Morgan fingerprint density at radius 2 is 2.29 bits per heavy atom. The average Bonchev–Trinajstić information content (AvgIpc) is 2.23. The summed E-state index contributed by atoms with van der Waals surface area (Å²) in [5.41, 5.74) is 6.29. The van der Waals surface area contributed by atoms with Gasteiger partial charge in [0, 0.05) is 11.6 Å². The van der Waals surface area contributed by atoms with E-state index in [0.717, 1.165) is 0 Å². The maximum atomic E-state index is 4.50. The lowest BCUT2D eigenvalue weighted by atomic mass is 11.0. The lowest BCUT2D eigenvalue weighted by molar-refractivity contribution is 1.43. The predicted octanol–water partition coefficient (Wildman–Crippen LogP) is 0.718. The van der Waals surface area contributed by atoms with Crippen LogP contribution in [0.2, 0.25) is 0 Å². The fourth-order valence-corrected chi connectivity index (χ4v) is 0.527. The number of hydrogen-bond acceptors (Lipinski definition) is 3. The topological polar surface area (TPSA) is 38.9 Å². The van der Waals surface area contributed by atoms with Gasteiger partial charge in [0.25, 0.3) is 0 Å². The first kappa shape index (κ1) is 6.59. The molecular formula is C4H8N2S. The number of hydrogen-bond donors (Lipinski definition) is 1. The summed E-state index contributed by atoms with van der Waals surface area (Å²) in [5.74, 6) is 0. The molecule has 0 amide bonds. The Bertz CT molecular complexity index is 66.2. The minimum atomic E-state index is 1.50. The first-order valence-corrected chi connectivity index (χ1v) is 2.84. The molecule has 2 N–H and O–H groups in total. The molecule has 0 aliphatic heterocycles. The van der Waals surface area contributed by atoms with Crippen molar-refractivity contribution in [2.24, 2.45) is 5.73 Å². The molecule has 1 aromatic rings. The van der Waals surface area contributed by atoms with Gasteiger partial charge in [-0.05, 0) is 7.05 Å². The van der Waals surface area contributed by atoms with Gasteiger partial charge in [-0.25, -0.2) is 0 Å². The number of nitrogens with two attached hydrogens (primary N) is 1. The molecule has 3 heteroatoms. The van der Waals surface area contributed by atoms with E-state index < -0.39 is 0 Å². The van der Waals surface area contributed by atoms with Crippen LogP contribution in [0.25, 0.3) is 0 Å². The summed E-state index contributed by atoms with van der Waals surface area (Å²) in [5, 5.41) is 1.93. The minimum Gasteiger partial charge on any atom is -0.333 e. The van der Waals surface area contributed by atoms with E-state index in [1.165, 1.54) is 7.05 Å². The largest absolute Gasteiger partial charge is 0.333 e. The SMILES string of the molecule is CN.c1cscn1. The van der Waals surface area contributed by atoms with Crippen LogP contribution in [-0.4, -0.2) is 12.0 Å². The van der Waals surface area contributed by atoms with Crippen LogP contribution in [0.4, 0.5) is 0 Å². The summed E-state index contributed by atoms with van der Waals surface area (Å²) >= 11 is 1.60. The second kappa shape index (κ2) is 5.59. The maximum Gasteiger partial charge on any atom is 0.0791 e. The molecule has 0 unspecified atom stereocenters. The van der Waals surface area contributed by atoms with Gasteiger partial charge in [-0.15, -0.1) is 11.3 Å². The highest BCUT2D eigenvalue weighted by molar-refractivity contribution is 7.07. The third kappa shape index (κ3) is 3.42. The summed E-state index contributed by atoms with van der Waals surface area (Å²) < 4.78 is 0. The molecule has 0 atom stereocenters. The van der Waals surface area contributed by atoms with E-state index in [-0.39, 0.29) is 0 Å². The number of nitrogens with zero attached hydrogens (tertiary/aromatic N) is 1. The highest BCUT2D eigenvalue weighted by atomic mass is 32.1. The van der Waals surface area contributed by atoms with Crippen LogP contribution >= 0.6 is 11.3 Å². The molecule has 0 fully saturated rings. The van der Waals surface area contributed by atoms with E-state index in [1.807, 2.05) is 5.38 Å². The normalized spacial score (nSPS) is 6.57. The van der Waals surface area contributed by atoms with Crippen LogP contribution in [0.1, 0.15) is 0 Å². The predicted molar refractivity (Wildman–Crippen MR) is 32.2 cm³/mol. The van der Waals surface area contributed by atoms with Gasteiger partial charge < -0.3 is 5.73 Å². The third-order valence-corrected chi connectivity index (χ3v) is 0.869. The molecule has 7 heavy (non-hydrogen) atoms. The van der Waals surface area contributed by atoms with Crippen LogP contribution in [0, 0.1) is 0 Å². The second-order valence-corrected chi connectivity index (χ2v) is 1.43. The van der Waals surface area contributed by atoms with E-state index in [4.69, 9.17) is 0 Å². The average molecular weight is 116 g/mol. The zero-order valence-electron chi connectivity index (χ0n) is 4.16. The molecule has 40 valence electrons. The molecule has 0 saturated heterocycles. The van der Waals surface area contributed by atoms with Gasteiger partial charge in [-0.1, -0.05) is 0 Å². The van der Waals surface area contributed by atoms with E-state index in [0.29, 0.717) is 0 Å². The quantitative estimate of drug-likeness (QED) is 0.542. The van der Waals surface area contributed by atoms with Crippen molar-refractivity contribution in [1.29, 1.82) is 0 Å². The van der Waals surface area contributed by atoms with Crippen molar-refractivity contribution in [2.45, 2.75) is 0 Å². The molecule has 0 aliphatic carbocycles. The van der Waals surface area contributed by atoms with Gasteiger partial charge in [0.05, 0.1) is 5.51 Å². The lowest BCUT2D eigenvalue weighted by Crippen LogP contribution is -1.69. The lowest BCUT2D eigenvalue weighted by Gasteiger charge is -1.41. The fraction of sp³-hybridized carbons (Fsp3) is 0.250. The Labute approximate surface area is 47.0 Å². The van der Waals surface area contributed by atoms with Crippen molar-refractivity contribution in [2.75, 3.05) is 7.05 Å². The van der Waals surface area contributed by atoms with Crippen molar-refractivity contribution >= 4 is 11.3 Å². The van der Waals surface area contributed by atoms with Crippen LogP contribution in [0.15, 0.2) is 17.1 Å². The van der Waals surface area contributed by atoms with E-state index in [2.05, 4.69) is 10.7 Å². The van der Waals surface area contributed by atoms with Crippen molar-refractivity contribution in [1.82, 2.24) is 4.98 Å². The zero-order chi connectivity index (χ0) is 5.54. The maximum absolute atomic E-state index is 4.50. The standard InChI is InChI=1S/C3H3NS.CH5N/c1-2-5-3-4-1;1-2/h1-3H;2H2,1H3. The van der Waals surface area contributed by atoms with Gasteiger partial charge >= 0.3 is 0 Å². The number of aromatic nitrogens is 1. The fourth-order valence-electron chi connectivity index (χ4n) is 0.176. The summed E-state index contributed by atoms with van der Waals surface area (Å²) in [7, 11) is 1.50. The first-order valence-electron chi connectivity index (χ1n) is 1.90. The van der Waals surface area contributed by atoms with E-state index in [1.54, 1.807) is 23.0 Å². The summed E-state index contributed by atoms with van der Waals surface area (Å²) in [6.45, 7) is 0. The Hall–Kier alpha value is -0.410. The molecule has 1 rings (SSSR count). The smallest absolute Gasteiger partial charge is 0.0791 e. The zero-order valence-corrected chi connectivity index (χ0v) is 4.98. The Morgan fingerprint density at radius 3 is 2.43 bits per heavy atom. The van der Waals surface area contributed by atoms with Gasteiger partial charge in [-0.3, -0.25) is 4.98 Å². The highest BCUT2D eigenvalue weighted by Crippen LogP contribution is 1.85. The summed E-state index contributed by atoms with van der Waals surface area (Å²) in [6, 6.07) is 0. The Kier molecular flexibility index (Phi) is 5.26. The van der Waals surface area contributed by atoms with Crippen LogP contribution in [0.5, 0.6) is 0 Å². The molecular weight excluding hydrogens is 108 g/mol. The summed E-state index contributed by atoms with van der Waals surface area (Å²) in [6.07, 6.45) is 1.77. The van der Waals surface area contributed by atoms with Gasteiger partial charge in [0.1, 0.15) is 0 Å². The molecule has 0 bridgehead atoms. The van der Waals surface area contributed by atoms with Crippen molar-refractivity contribution in [3.8, 4) is 0 Å². The monoisotopic (exact) mass is 116 g/mol. The van der Waals surface area contributed by atoms with E-state index >= 15 is 0 Å². The van der Waals surface area contributed by atoms with Crippen LogP contribution in [-0.2, 0) is 0 Å². The number of thiazole rings is 1. The first-order chi connectivity index (χ1) is 3.50. The van der Waals surface area contributed by atoms with Crippen molar-refractivity contribution in [3.63, 3.8) is 0 Å². The Morgan fingerprint density at radius 1 is 1.57 bits per heavy atom. The molecule has 0 aromatic carbocycles. The second-order valence-electron chi connectivity index (χ2n) is 0.676. The number of rotatable bonds is 0.